The molecule has 0 saturated heterocycles. The summed E-state index contributed by atoms with van der Waals surface area (Å²) in [6, 6.07) is 4.02. The Balaban J connectivity index is 2.99. The second kappa shape index (κ2) is 1.29. The topological polar surface area (TPSA) is 13.1 Å². The fraction of sp³-hybridized carbons (Fsp3) is 0.250. The van der Waals surface area contributed by atoms with E-state index in [1.54, 1.807) is 0 Å². The first kappa shape index (κ1) is 4.86. The van der Waals surface area contributed by atoms with E-state index in [0.717, 1.165) is 11.2 Å². The molecule has 2 rings (SSSR count). The summed E-state index contributed by atoms with van der Waals surface area (Å²) >= 11 is 0. The van der Waals surface area contributed by atoms with E-state index in [-0.39, 0.29) is 0 Å². The molecule has 0 spiro atoms. The quantitative estimate of drug-likeness (QED) is 0.520. The van der Waals surface area contributed by atoms with Crippen LogP contribution in [-0.4, -0.2) is 0 Å². The number of aryl methyl sites for hydroxylation is 2. The lowest BCUT2D eigenvalue weighted by Gasteiger charge is -1.86. The molecule has 0 saturated carbocycles. The van der Waals surface area contributed by atoms with E-state index >= 15 is 0 Å². The van der Waals surface area contributed by atoms with Crippen LogP contribution in [-0.2, 0) is 0 Å². The largest absolute Gasteiger partial charge is 0.457 e. The molecule has 0 atom stereocenters. The first-order valence-electron chi connectivity index (χ1n) is 3.07. The van der Waals surface area contributed by atoms with Gasteiger partial charge in [0.05, 0.1) is 0 Å². The van der Waals surface area contributed by atoms with Gasteiger partial charge in [-0.3, -0.25) is 0 Å². The highest BCUT2D eigenvalue weighted by Gasteiger charge is 2.06. The van der Waals surface area contributed by atoms with Crippen LogP contribution in [0.4, 0.5) is 0 Å². The molecular weight excluding hydrogens is 112 g/mol. The third kappa shape index (κ3) is 0.441. The van der Waals surface area contributed by atoms with E-state index in [4.69, 9.17) is 4.42 Å². The van der Waals surface area contributed by atoms with Crippen molar-refractivity contribution in [3.8, 4) is 0 Å². The summed E-state index contributed by atoms with van der Waals surface area (Å²) in [5.41, 5.74) is 4.63. The van der Waals surface area contributed by atoms with Crippen molar-refractivity contribution in [3.63, 3.8) is 0 Å². The van der Waals surface area contributed by atoms with Gasteiger partial charge in [-0.05, 0) is 37.1 Å². The molecule has 0 aliphatic carbocycles. The van der Waals surface area contributed by atoms with Gasteiger partial charge in [0, 0.05) is 0 Å². The Labute approximate surface area is 53.6 Å². The van der Waals surface area contributed by atoms with Gasteiger partial charge in [-0.2, -0.15) is 0 Å². The molecule has 0 fully saturated rings. The lowest BCUT2D eigenvalue weighted by atomic mass is 10.1. The van der Waals surface area contributed by atoms with Crippen molar-refractivity contribution >= 4 is 11.2 Å². The first-order chi connectivity index (χ1) is 4.29. The Morgan fingerprint density at radius 1 is 1.00 bits per heavy atom. The van der Waals surface area contributed by atoms with E-state index in [1.165, 1.54) is 11.1 Å². The Morgan fingerprint density at radius 3 is 1.67 bits per heavy atom. The van der Waals surface area contributed by atoms with Gasteiger partial charge >= 0.3 is 0 Å². The highest BCUT2D eigenvalue weighted by molar-refractivity contribution is 5.70. The molecule has 2 aromatic rings. The Bertz CT molecular complexity index is 288. The molecule has 9 heavy (non-hydrogen) atoms. The molecule has 2 heterocycles. The normalized spacial score (nSPS) is 11.3. The summed E-state index contributed by atoms with van der Waals surface area (Å²) < 4.78 is 5.34. The maximum absolute atomic E-state index is 5.34. The van der Waals surface area contributed by atoms with Crippen LogP contribution < -0.4 is 0 Å². The maximum Gasteiger partial charge on any atom is 0.130 e. The summed E-state index contributed by atoms with van der Waals surface area (Å²) in [4.78, 5) is 0. The van der Waals surface area contributed by atoms with E-state index in [2.05, 4.69) is 13.8 Å². The molecule has 0 unspecified atom stereocenters. The maximum atomic E-state index is 5.34. The van der Waals surface area contributed by atoms with Gasteiger partial charge in [0.15, 0.2) is 0 Å². The SMILES string of the molecule is Cc1c(C)c2ccc1o2. The van der Waals surface area contributed by atoms with Gasteiger partial charge in [0.25, 0.3) is 0 Å². The number of hydrogen-bond donors (Lipinski definition) is 0. The monoisotopic (exact) mass is 120 g/mol. The standard InChI is InChI=1S/C8H8O/c1-5-6(2)8-4-3-7(5)9-8/h3-4H,1-2H3. The van der Waals surface area contributed by atoms with Gasteiger partial charge in [0.2, 0.25) is 0 Å². The minimum absolute atomic E-state index is 1.03. The predicted molar refractivity (Wildman–Crippen MR) is 36.9 cm³/mol. The van der Waals surface area contributed by atoms with Crippen LogP contribution in [0.3, 0.4) is 0 Å². The van der Waals surface area contributed by atoms with Gasteiger partial charge in [0.1, 0.15) is 11.2 Å². The van der Waals surface area contributed by atoms with Crippen molar-refractivity contribution in [1.82, 2.24) is 0 Å². The van der Waals surface area contributed by atoms with Gasteiger partial charge in [-0.1, -0.05) is 0 Å². The number of benzene rings is 1. The van der Waals surface area contributed by atoms with Crippen molar-refractivity contribution in [3.05, 3.63) is 23.3 Å². The number of rotatable bonds is 0. The van der Waals surface area contributed by atoms with Crippen LogP contribution in [0.25, 0.3) is 11.2 Å². The molecule has 0 N–H and O–H groups in total. The van der Waals surface area contributed by atoms with Crippen LogP contribution in [0.5, 0.6) is 0 Å². The molecule has 0 amide bonds. The molecule has 0 radical (unpaired) electrons. The number of furan rings is 2. The lowest BCUT2D eigenvalue weighted by Crippen LogP contribution is -1.72. The smallest absolute Gasteiger partial charge is 0.130 e. The van der Waals surface area contributed by atoms with Gasteiger partial charge in [-0.15, -0.1) is 0 Å². The molecule has 1 nitrogen and oxygen atoms in total. The minimum atomic E-state index is 1.03. The number of fused-ring (bicyclic) bond motifs is 2. The Kier molecular flexibility index (Phi) is 0.699. The van der Waals surface area contributed by atoms with E-state index in [1.807, 2.05) is 12.1 Å². The zero-order valence-electron chi connectivity index (χ0n) is 5.56. The van der Waals surface area contributed by atoms with Crippen molar-refractivity contribution in [2.45, 2.75) is 13.8 Å². The third-order valence-electron chi connectivity index (χ3n) is 1.91. The van der Waals surface area contributed by atoms with Crippen molar-refractivity contribution in [2.24, 2.45) is 0 Å². The average Bonchev–Trinajstić information content (AvgIpc) is 2.37. The van der Waals surface area contributed by atoms with Gasteiger partial charge in [-0.25, -0.2) is 0 Å². The zero-order valence-corrected chi connectivity index (χ0v) is 5.56. The first-order valence-corrected chi connectivity index (χ1v) is 3.07. The molecule has 0 aromatic carbocycles. The summed E-state index contributed by atoms with van der Waals surface area (Å²) in [5, 5.41) is 0. The summed E-state index contributed by atoms with van der Waals surface area (Å²) in [6.07, 6.45) is 0. The molecular formula is C8H8O. The second-order valence-corrected chi connectivity index (χ2v) is 2.41. The lowest BCUT2D eigenvalue weighted by molar-refractivity contribution is 0.672. The van der Waals surface area contributed by atoms with Crippen LogP contribution in [0, 0.1) is 13.8 Å². The molecule has 2 bridgehead atoms. The van der Waals surface area contributed by atoms with Gasteiger partial charge < -0.3 is 4.42 Å². The van der Waals surface area contributed by atoms with Crippen molar-refractivity contribution in [1.29, 1.82) is 0 Å². The fourth-order valence-corrected chi connectivity index (χ4v) is 1.11. The fourth-order valence-electron chi connectivity index (χ4n) is 1.11. The molecule has 0 aliphatic rings. The van der Waals surface area contributed by atoms with Crippen molar-refractivity contribution in [2.75, 3.05) is 0 Å². The average molecular weight is 120 g/mol. The van der Waals surface area contributed by atoms with Crippen molar-refractivity contribution < 1.29 is 4.42 Å². The predicted octanol–water partition coefficient (Wildman–Crippen LogP) is 2.49. The summed E-state index contributed by atoms with van der Waals surface area (Å²) in [5.74, 6) is 0. The summed E-state index contributed by atoms with van der Waals surface area (Å²) in [6.45, 7) is 4.17. The Hall–Kier alpha value is -0.980. The van der Waals surface area contributed by atoms with Crippen LogP contribution in [0.1, 0.15) is 11.1 Å². The third-order valence-corrected chi connectivity index (χ3v) is 1.91. The zero-order chi connectivity index (χ0) is 6.43. The van der Waals surface area contributed by atoms with Crippen LogP contribution in [0.2, 0.25) is 0 Å². The second-order valence-electron chi connectivity index (χ2n) is 2.41. The van der Waals surface area contributed by atoms with Crippen LogP contribution >= 0.6 is 0 Å². The molecule has 46 valence electrons. The summed E-state index contributed by atoms with van der Waals surface area (Å²) in [7, 11) is 0. The van der Waals surface area contributed by atoms with E-state index in [9.17, 15) is 0 Å². The molecule has 0 aliphatic heterocycles. The minimum Gasteiger partial charge on any atom is -0.457 e. The van der Waals surface area contributed by atoms with E-state index < -0.39 is 0 Å². The Morgan fingerprint density at radius 2 is 1.44 bits per heavy atom. The number of hydrogen-bond acceptors (Lipinski definition) is 1. The van der Waals surface area contributed by atoms with Crippen LogP contribution in [0.15, 0.2) is 16.5 Å². The molecule has 2 aromatic heterocycles. The highest BCUT2D eigenvalue weighted by Crippen LogP contribution is 2.26. The molecule has 1 heteroatoms. The van der Waals surface area contributed by atoms with E-state index in [0.29, 0.717) is 0 Å². The highest BCUT2D eigenvalue weighted by atomic mass is 16.3.